The molecule has 0 bridgehead atoms. The van der Waals surface area contributed by atoms with Crippen molar-refractivity contribution in [3.8, 4) is 11.5 Å². The summed E-state index contributed by atoms with van der Waals surface area (Å²) in [7, 11) is 1.65. The number of piperidine rings is 1. The molecule has 0 radical (unpaired) electrons. The number of hydrogen-bond acceptors (Lipinski definition) is 6. The molecular weight excluding hydrogens is 344 g/mol. The smallest absolute Gasteiger partial charge is 0.161 e. The fourth-order valence-electron chi connectivity index (χ4n) is 4.02. The van der Waals surface area contributed by atoms with Gasteiger partial charge in [-0.3, -0.25) is 4.90 Å². The van der Waals surface area contributed by atoms with Gasteiger partial charge < -0.3 is 24.6 Å². The Labute approximate surface area is 162 Å². The standard InChI is InChI=1S/C21H34N2O4/c1-26-21-12-18(13-23-10-6-17(15-24)7-11-23)4-5-20(21)27-16-19(25)14-22-8-2-3-9-22/h4-5,12,17,19,24-25H,2-3,6-11,13-16H2,1H3/t19-/m1/s1. The average Bonchev–Trinajstić information content (AvgIpc) is 3.20. The molecule has 2 N–H and O–H groups in total. The van der Waals surface area contributed by atoms with Gasteiger partial charge in [0.25, 0.3) is 0 Å². The predicted molar refractivity (Wildman–Crippen MR) is 105 cm³/mol. The fraction of sp³-hybridized carbons (Fsp3) is 0.714. The number of nitrogens with zero attached hydrogens (tertiary/aromatic N) is 2. The Morgan fingerprint density at radius 1 is 1.07 bits per heavy atom. The zero-order valence-corrected chi connectivity index (χ0v) is 16.5. The summed E-state index contributed by atoms with van der Waals surface area (Å²) in [5.74, 6) is 1.85. The molecule has 2 aliphatic heterocycles. The van der Waals surface area contributed by atoms with Crippen LogP contribution in [0.25, 0.3) is 0 Å². The molecule has 2 saturated heterocycles. The third-order valence-electron chi connectivity index (χ3n) is 5.70. The molecule has 6 heteroatoms. The molecule has 1 aromatic rings. The number of likely N-dealkylation sites (tertiary alicyclic amines) is 2. The van der Waals surface area contributed by atoms with Crippen molar-refractivity contribution in [1.82, 2.24) is 9.80 Å². The highest BCUT2D eigenvalue weighted by molar-refractivity contribution is 5.43. The van der Waals surface area contributed by atoms with E-state index in [2.05, 4.69) is 15.9 Å². The summed E-state index contributed by atoms with van der Waals surface area (Å²) in [6, 6.07) is 6.04. The van der Waals surface area contributed by atoms with Crippen molar-refractivity contribution < 1.29 is 19.7 Å². The van der Waals surface area contributed by atoms with E-state index in [1.54, 1.807) is 7.11 Å². The minimum Gasteiger partial charge on any atom is -0.493 e. The van der Waals surface area contributed by atoms with Crippen LogP contribution in [0.1, 0.15) is 31.2 Å². The van der Waals surface area contributed by atoms with Gasteiger partial charge in [0, 0.05) is 19.7 Å². The molecule has 27 heavy (non-hydrogen) atoms. The zero-order valence-electron chi connectivity index (χ0n) is 16.5. The SMILES string of the molecule is COc1cc(CN2CCC(CO)CC2)ccc1OC[C@H](O)CN1CCCC1. The van der Waals surface area contributed by atoms with E-state index in [9.17, 15) is 10.2 Å². The first kappa shape index (κ1) is 20.4. The van der Waals surface area contributed by atoms with E-state index in [0.29, 0.717) is 30.6 Å². The number of rotatable bonds is 9. The van der Waals surface area contributed by atoms with Crippen LogP contribution >= 0.6 is 0 Å². The number of aliphatic hydroxyl groups is 2. The van der Waals surface area contributed by atoms with E-state index in [0.717, 1.165) is 45.6 Å². The second-order valence-electron chi connectivity index (χ2n) is 7.86. The lowest BCUT2D eigenvalue weighted by molar-refractivity contribution is 0.0747. The molecule has 0 saturated carbocycles. The highest BCUT2D eigenvalue weighted by atomic mass is 16.5. The van der Waals surface area contributed by atoms with Gasteiger partial charge in [0.15, 0.2) is 11.5 Å². The highest BCUT2D eigenvalue weighted by Gasteiger charge is 2.20. The second-order valence-corrected chi connectivity index (χ2v) is 7.86. The van der Waals surface area contributed by atoms with Gasteiger partial charge in [-0.05, 0) is 75.5 Å². The van der Waals surface area contributed by atoms with Crippen LogP contribution < -0.4 is 9.47 Å². The molecule has 6 nitrogen and oxygen atoms in total. The van der Waals surface area contributed by atoms with E-state index >= 15 is 0 Å². The van der Waals surface area contributed by atoms with Crippen molar-refractivity contribution in [3.05, 3.63) is 23.8 Å². The molecule has 0 aromatic heterocycles. The van der Waals surface area contributed by atoms with Gasteiger partial charge in [-0.2, -0.15) is 0 Å². The molecule has 152 valence electrons. The third kappa shape index (κ3) is 6.07. The first-order valence-corrected chi connectivity index (χ1v) is 10.2. The Morgan fingerprint density at radius 2 is 1.81 bits per heavy atom. The summed E-state index contributed by atoms with van der Waals surface area (Å²) >= 11 is 0. The van der Waals surface area contributed by atoms with Crippen molar-refractivity contribution >= 4 is 0 Å². The molecule has 2 aliphatic rings. The quantitative estimate of drug-likeness (QED) is 0.682. The number of aliphatic hydroxyl groups excluding tert-OH is 2. The topological polar surface area (TPSA) is 65.4 Å². The van der Waals surface area contributed by atoms with Gasteiger partial charge in [0.2, 0.25) is 0 Å². The molecule has 2 fully saturated rings. The largest absolute Gasteiger partial charge is 0.493 e. The van der Waals surface area contributed by atoms with Crippen LogP contribution in [0.4, 0.5) is 0 Å². The van der Waals surface area contributed by atoms with Crippen molar-refractivity contribution in [2.45, 2.75) is 38.3 Å². The molecular formula is C21H34N2O4. The Hall–Kier alpha value is -1.34. The van der Waals surface area contributed by atoms with Gasteiger partial charge in [-0.15, -0.1) is 0 Å². The van der Waals surface area contributed by atoms with Crippen LogP contribution in [0.15, 0.2) is 18.2 Å². The summed E-state index contributed by atoms with van der Waals surface area (Å²) in [6.07, 6.45) is 4.08. The first-order chi connectivity index (χ1) is 13.2. The van der Waals surface area contributed by atoms with Crippen LogP contribution in [-0.4, -0.2) is 79.2 Å². The summed E-state index contributed by atoms with van der Waals surface area (Å²) in [4.78, 5) is 4.70. The molecule has 0 spiro atoms. The first-order valence-electron chi connectivity index (χ1n) is 10.2. The average molecular weight is 379 g/mol. The van der Waals surface area contributed by atoms with E-state index in [1.807, 2.05) is 12.1 Å². The monoisotopic (exact) mass is 378 g/mol. The van der Waals surface area contributed by atoms with Gasteiger partial charge in [0.1, 0.15) is 12.7 Å². The minimum atomic E-state index is -0.486. The maximum atomic E-state index is 10.2. The zero-order chi connectivity index (χ0) is 19.1. The van der Waals surface area contributed by atoms with Crippen molar-refractivity contribution in [2.75, 3.05) is 53.0 Å². The van der Waals surface area contributed by atoms with E-state index in [4.69, 9.17) is 9.47 Å². The Balaban J connectivity index is 1.49. The Morgan fingerprint density at radius 3 is 2.48 bits per heavy atom. The summed E-state index contributed by atoms with van der Waals surface area (Å²) in [6.45, 7) is 6.33. The third-order valence-corrected chi connectivity index (χ3v) is 5.70. The Bertz CT molecular complexity index is 569. The van der Waals surface area contributed by atoms with Gasteiger partial charge in [0.05, 0.1) is 7.11 Å². The molecule has 2 heterocycles. The fourth-order valence-corrected chi connectivity index (χ4v) is 4.02. The number of hydrogen-bond donors (Lipinski definition) is 2. The Kier molecular flexibility index (Phi) is 7.76. The second kappa shape index (κ2) is 10.3. The number of methoxy groups -OCH3 is 1. The minimum absolute atomic E-state index is 0.279. The van der Waals surface area contributed by atoms with Crippen LogP contribution in [0.5, 0.6) is 11.5 Å². The summed E-state index contributed by atoms with van der Waals surface area (Å²) < 4.78 is 11.3. The summed E-state index contributed by atoms with van der Waals surface area (Å²) in [5.41, 5.74) is 1.19. The van der Waals surface area contributed by atoms with Gasteiger partial charge >= 0.3 is 0 Å². The molecule has 0 unspecified atom stereocenters. The van der Waals surface area contributed by atoms with E-state index in [1.165, 1.54) is 18.4 Å². The number of ether oxygens (including phenoxy) is 2. The maximum absolute atomic E-state index is 10.2. The van der Waals surface area contributed by atoms with Crippen LogP contribution in [-0.2, 0) is 6.54 Å². The van der Waals surface area contributed by atoms with Gasteiger partial charge in [-0.25, -0.2) is 0 Å². The summed E-state index contributed by atoms with van der Waals surface area (Å²) in [5, 5.41) is 19.5. The van der Waals surface area contributed by atoms with Gasteiger partial charge in [-0.1, -0.05) is 6.07 Å². The molecule has 0 amide bonds. The maximum Gasteiger partial charge on any atom is 0.161 e. The van der Waals surface area contributed by atoms with Crippen molar-refractivity contribution in [1.29, 1.82) is 0 Å². The van der Waals surface area contributed by atoms with E-state index in [-0.39, 0.29) is 6.61 Å². The lowest BCUT2D eigenvalue weighted by Gasteiger charge is -2.31. The molecule has 1 aromatic carbocycles. The molecule has 1 atom stereocenters. The van der Waals surface area contributed by atoms with E-state index < -0.39 is 6.10 Å². The highest BCUT2D eigenvalue weighted by Crippen LogP contribution is 2.29. The van der Waals surface area contributed by atoms with Crippen LogP contribution in [0.3, 0.4) is 0 Å². The lowest BCUT2D eigenvalue weighted by atomic mass is 9.97. The molecule has 0 aliphatic carbocycles. The number of β-amino-alcohol motifs (C(OH)–C–C–N with tert-alkyl or cyclic N) is 1. The number of benzene rings is 1. The predicted octanol–water partition coefficient (Wildman–Crippen LogP) is 1.73. The molecule has 3 rings (SSSR count). The van der Waals surface area contributed by atoms with Crippen LogP contribution in [0.2, 0.25) is 0 Å². The van der Waals surface area contributed by atoms with Crippen molar-refractivity contribution in [2.24, 2.45) is 5.92 Å². The lowest BCUT2D eigenvalue weighted by Crippen LogP contribution is -2.34. The van der Waals surface area contributed by atoms with Crippen molar-refractivity contribution in [3.63, 3.8) is 0 Å². The normalized spacial score (nSPS) is 20.7. The van der Waals surface area contributed by atoms with Crippen LogP contribution in [0, 0.1) is 5.92 Å².